The predicted octanol–water partition coefficient (Wildman–Crippen LogP) is 4.42. The van der Waals surface area contributed by atoms with Crippen molar-refractivity contribution < 1.29 is 0 Å². The highest BCUT2D eigenvalue weighted by atomic mass is 35.5. The number of halogens is 1. The molecule has 0 spiro atoms. The predicted molar refractivity (Wildman–Crippen MR) is 80.7 cm³/mol. The van der Waals surface area contributed by atoms with E-state index in [1.807, 2.05) is 60.9 Å². The van der Waals surface area contributed by atoms with Crippen LogP contribution in [0, 0.1) is 0 Å². The molecule has 2 nitrogen and oxygen atoms in total. The largest absolute Gasteiger partial charge is 0.277 e. The molecule has 0 aliphatic carbocycles. The van der Waals surface area contributed by atoms with Crippen LogP contribution in [0.5, 0.6) is 0 Å². The Kier molecular flexibility index (Phi) is 4.67. The van der Waals surface area contributed by atoms with E-state index in [-0.39, 0.29) is 0 Å². The molecule has 2 rings (SSSR count). The molecular formula is C14H13ClN2S. The number of para-hydroxylation sites is 1. The van der Waals surface area contributed by atoms with Gasteiger partial charge in [-0.2, -0.15) is 5.10 Å². The maximum absolute atomic E-state index is 6.13. The molecule has 0 saturated heterocycles. The van der Waals surface area contributed by atoms with Crippen LogP contribution in [0.3, 0.4) is 0 Å². The summed E-state index contributed by atoms with van der Waals surface area (Å²) in [6.45, 7) is 0. The van der Waals surface area contributed by atoms with Crippen LogP contribution in [0.2, 0.25) is 0 Å². The maximum Gasteiger partial charge on any atom is 0.156 e. The van der Waals surface area contributed by atoms with Gasteiger partial charge in [0.15, 0.2) is 5.17 Å². The first-order valence-corrected chi connectivity index (χ1v) is 7.08. The van der Waals surface area contributed by atoms with Gasteiger partial charge < -0.3 is 0 Å². The minimum absolute atomic E-state index is 0.450. The van der Waals surface area contributed by atoms with Crippen LogP contribution in [0.1, 0.15) is 5.56 Å². The molecule has 0 aromatic heterocycles. The molecule has 92 valence electrons. The fourth-order valence-corrected chi connectivity index (χ4v) is 2.00. The zero-order valence-electron chi connectivity index (χ0n) is 9.93. The Morgan fingerprint density at radius 1 is 1.06 bits per heavy atom. The first kappa shape index (κ1) is 13.0. The van der Waals surface area contributed by atoms with Crippen molar-refractivity contribution in [2.75, 3.05) is 11.7 Å². The SMILES string of the molecule is CSc1ccc(/C(Cl)=N/Nc2ccccc2)cc1. The van der Waals surface area contributed by atoms with Crippen molar-refractivity contribution in [3.8, 4) is 0 Å². The summed E-state index contributed by atoms with van der Waals surface area (Å²) in [5.74, 6) is 0. The summed E-state index contributed by atoms with van der Waals surface area (Å²) in [4.78, 5) is 1.21. The second kappa shape index (κ2) is 6.47. The molecular weight excluding hydrogens is 264 g/mol. The summed E-state index contributed by atoms with van der Waals surface area (Å²) in [5, 5.41) is 4.60. The topological polar surface area (TPSA) is 24.4 Å². The lowest BCUT2D eigenvalue weighted by Gasteiger charge is -2.02. The fourth-order valence-electron chi connectivity index (χ4n) is 1.42. The van der Waals surface area contributed by atoms with Crippen LogP contribution < -0.4 is 5.43 Å². The van der Waals surface area contributed by atoms with Crippen molar-refractivity contribution in [3.05, 3.63) is 60.2 Å². The quantitative estimate of drug-likeness (QED) is 0.508. The third kappa shape index (κ3) is 3.52. The van der Waals surface area contributed by atoms with Crippen molar-refractivity contribution in [1.82, 2.24) is 0 Å². The first-order chi connectivity index (χ1) is 8.79. The second-order valence-corrected chi connectivity index (χ2v) is 4.85. The van der Waals surface area contributed by atoms with Gasteiger partial charge in [0.05, 0.1) is 5.69 Å². The van der Waals surface area contributed by atoms with Crippen molar-refractivity contribution in [1.29, 1.82) is 0 Å². The van der Waals surface area contributed by atoms with E-state index in [0.717, 1.165) is 11.3 Å². The van der Waals surface area contributed by atoms with E-state index in [1.54, 1.807) is 11.8 Å². The number of anilines is 1. The zero-order chi connectivity index (χ0) is 12.8. The van der Waals surface area contributed by atoms with Gasteiger partial charge in [0.1, 0.15) is 0 Å². The molecule has 0 heterocycles. The number of hydrogen-bond acceptors (Lipinski definition) is 3. The van der Waals surface area contributed by atoms with Gasteiger partial charge in [0.25, 0.3) is 0 Å². The molecule has 0 atom stereocenters. The lowest BCUT2D eigenvalue weighted by Crippen LogP contribution is -1.96. The number of hydrogen-bond donors (Lipinski definition) is 1. The molecule has 0 amide bonds. The Labute approximate surface area is 116 Å². The van der Waals surface area contributed by atoms with Crippen molar-refractivity contribution in [2.24, 2.45) is 5.10 Å². The summed E-state index contributed by atoms with van der Waals surface area (Å²) in [6, 6.07) is 17.7. The Hall–Kier alpha value is -1.45. The molecule has 1 N–H and O–H groups in total. The van der Waals surface area contributed by atoms with E-state index in [4.69, 9.17) is 11.6 Å². The molecule has 2 aromatic carbocycles. The zero-order valence-corrected chi connectivity index (χ0v) is 11.5. The van der Waals surface area contributed by atoms with Gasteiger partial charge in [-0.05, 0) is 30.5 Å². The maximum atomic E-state index is 6.13. The van der Waals surface area contributed by atoms with Gasteiger partial charge in [0, 0.05) is 10.5 Å². The number of benzene rings is 2. The third-order valence-corrected chi connectivity index (χ3v) is 3.43. The lowest BCUT2D eigenvalue weighted by atomic mass is 10.2. The molecule has 0 unspecified atom stereocenters. The summed E-state index contributed by atoms with van der Waals surface area (Å²) < 4.78 is 0. The Balaban J connectivity index is 2.08. The molecule has 18 heavy (non-hydrogen) atoms. The van der Waals surface area contributed by atoms with Crippen LogP contribution >= 0.6 is 23.4 Å². The second-order valence-electron chi connectivity index (χ2n) is 3.61. The van der Waals surface area contributed by atoms with E-state index in [1.165, 1.54) is 4.90 Å². The monoisotopic (exact) mass is 276 g/mol. The highest BCUT2D eigenvalue weighted by molar-refractivity contribution is 7.98. The van der Waals surface area contributed by atoms with Crippen molar-refractivity contribution in [3.63, 3.8) is 0 Å². The molecule has 4 heteroatoms. The molecule has 0 bridgehead atoms. The van der Waals surface area contributed by atoms with E-state index >= 15 is 0 Å². The van der Waals surface area contributed by atoms with Gasteiger partial charge in [-0.1, -0.05) is 41.9 Å². The average Bonchev–Trinajstić information content (AvgIpc) is 2.46. The molecule has 0 radical (unpaired) electrons. The van der Waals surface area contributed by atoms with Gasteiger partial charge >= 0.3 is 0 Å². The fraction of sp³-hybridized carbons (Fsp3) is 0.0714. The van der Waals surface area contributed by atoms with Crippen LogP contribution in [0.25, 0.3) is 0 Å². The summed E-state index contributed by atoms with van der Waals surface area (Å²) in [7, 11) is 0. The lowest BCUT2D eigenvalue weighted by molar-refractivity contribution is 1.34. The number of thioether (sulfide) groups is 1. The van der Waals surface area contributed by atoms with Crippen molar-refractivity contribution >= 4 is 34.2 Å². The van der Waals surface area contributed by atoms with E-state index in [0.29, 0.717) is 5.17 Å². The molecule has 0 aliphatic rings. The van der Waals surface area contributed by atoms with Crippen LogP contribution in [0.4, 0.5) is 5.69 Å². The number of nitrogens with zero attached hydrogens (tertiary/aromatic N) is 1. The molecule has 0 aliphatic heterocycles. The van der Waals surface area contributed by atoms with Gasteiger partial charge in [-0.3, -0.25) is 5.43 Å². The van der Waals surface area contributed by atoms with Crippen LogP contribution in [-0.4, -0.2) is 11.4 Å². The van der Waals surface area contributed by atoms with Crippen molar-refractivity contribution in [2.45, 2.75) is 4.90 Å². The minimum atomic E-state index is 0.450. The number of rotatable bonds is 4. The van der Waals surface area contributed by atoms with E-state index < -0.39 is 0 Å². The molecule has 2 aromatic rings. The van der Waals surface area contributed by atoms with Gasteiger partial charge in [-0.25, -0.2) is 0 Å². The number of nitrogens with one attached hydrogen (secondary N) is 1. The Bertz CT molecular complexity index is 523. The summed E-state index contributed by atoms with van der Waals surface area (Å²) in [5.41, 5.74) is 4.74. The van der Waals surface area contributed by atoms with E-state index in [2.05, 4.69) is 10.5 Å². The third-order valence-electron chi connectivity index (χ3n) is 2.39. The van der Waals surface area contributed by atoms with Crippen LogP contribution in [0.15, 0.2) is 64.6 Å². The van der Waals surface area contributed by atoms with Crippen LogP contribution in [-0.2, 0) is 0 Å². The minimum Gasteiger partial charge on any atom is -0.277 e. The smallest absolute Gasteiger partial charge is 0.156 e. The Morgan fingerprint density at radius 2 is 1.72 bits per heavy atom. The average molecular weight is 277 g/mol. The summed E-state index contributed by atoms with van der Waals surface area (Å²) >= 11 is 7.83. The molecule has 0 saturated carbocycles. The first-order valence-electron chi connectivity index (χ1n) is 5.48. The van der Waals surface area contributed by atoms with E-state index in [9.17, 15) is 0 Å². The summed E-state index contributed by atoms with van der Waals surface area (Å²) in [6.07, 6.45) is 2.04. The Morgan fingerprint density at radius 3 is 2.33 bits per heavy atom. The number of hydrazone groups is 1. The normalized spacial score (nSPS) is 11.3. The van der Waals surface area contributed by atoms with Gasteiger partial charge in [0.2, 0.25) is 0 Å². The highest BCUT2D eigenvalue weighted by Crippen LogP contribution is 2.16. The van der Waals surface area contributed by atoms with Gasteiger partial charge in [-0.15, -0.1) is 11.8 Å². The standard InChI is InChI=1S/C14H13ClN2S/c1-18-13-9-7-11(8-10-13)14(15)17-16-12-5-3-2-4-6-12/h2-10,16H,1H3/b17-14-. The highest BCUT2D eigenvalue weighted by Gasteiger charge is 1.99. The molecule has 0 fully saturated rings.